The van der Waals surface area contributed by atoms with Crippen molar-refractivity contribution in [2.75, 3.05) is 5.73 Å². The maximum atomic E-state index is 12.9. The monoisotopic (exact) mass is 346 g/mol. The van der Waals surface area contributed by atoms with Crippen LogP contribution in [0.1, 0.15) is 11.1 Å². The lowest BCUT2D eigenvalue weighted by molar-refractivity contribution is -0.138. The number of alkyl halides is 3. The van der Waals surface area contributed by atoms with E-state index in [-0.39, 0.29) is 17.9 Å². The SMILES string of the molecule is Nc1ccc(COc2cncc(Br)c2)c(C(F)(F)F)c1. The summed E-state index contributed by atoms with van der Waals surface area (Å²) in [6, 6.07) is 5.24. The summed E-state index contributed by atoms with van der Waals surface area (Å²) in [7, 11) is 0. The summed E-state index contributed by atoms with van der Waals surface area (Å²) in [5.41, 5.74) is 4.68. The number of hydrogen-bond acceptors (Lipinski definition) is 3. The Hall–Kier alpha value is -1.76. The molecule has 0 spiro atoms. The van der Waals surface area contributed by atoms with Crippen LogP contribution < -0.4 is 10.5 Å². The fraction of sp³-hybridized carbons (Fsp3) is 0.154. The van der Waals surface area contributed by atoms with Crippen molar-refractivity contribution in [3.05, 3.63) is 52.3 Å². The van der Waals surface area contributed by atoms with Crippen LogP contribution in [0.15, 0.2) is 41.1 Å². The Balaban J connectivity index is 2.21. The Morgan fingerprint density at radius 1 is 1.20 bits per heavy atom. The first-order valence-corrected chi connectivity index (χ1v) is 6.34. The molecule has 1 heterocycles. The van der Waals surface area contributed by atoms with Crippen molar-refractivity contribution in [1.82, 2.24) is 4.98 Å². The van der Waals surface area contributed by atoms with Gasteiger partial charge in [0.15, 0.2) is 0 Å². The summed E-state index contributed by atoms with van der Waals surface area (Å²) in [6.45, 7) is -0.215. The van der Waals surface area contributed by atoms with E-state index >= 15 is 0 Å². The van der Waals surface area contributed by atoms with Crippen LogP contribution in [-0.4, -0.2) is 4.98 Å². The standard InChI is InChI=1S/C13H10BrF3N2O/c14-9-3-11(6-19-5-9)20-7-8-1-2-10(18)4-12(8)13(15,16)17/h1-6H,7,18H2. The van der Waals surface area contributed by atoms with Gasteiger partial charge in [-0.05, 0) is 34.1 Å². The molecule has 2 N–H and O–H groups in total. The summed E-state index contributed by atoms with van der Waals surface area (Å²) < 4.78 is 44.7. The number of nitrogen functional groups attached to an aromatic ring is 1. The molecule has 2 rings (SSSR count). The number of nitrogens with two attached hydrogens (primary N) is 1. The minimum Gasteiger partial charge on any atom is -0.487 e. The first kappa shape index (κ1) is 14.6. The first-order chi connectivity index (χ1) is 9.36. The summed E-state index contributed by atoms with van der Waals surface area (Å²) in [6.07, 6.45) is -1.49. The Bertz CT molecular complexity index is 617. The van der Waals surface area contributed by atoms with E-state index in [0.29, 0.717) is 10.2 Å². The lowest BCUT2D eigenvalue weighted by atomic mass is 10.1. The molecular weight excluding hydrogens is 337 g/mol. The minimum atomic E-state index is -4.47. The van der Waals surface area contributed by atoms with Crippen molar-refractivity contribution in [3.8, 4) is 5.75 Å². The topological polar surface area (TPSA) is 48.1 Å². The molecule has 0 fully saturated rings. The second-order valence-electron chi connectivity index (χ2n) is 4.04. The van der Waals surface area contributed by atoms with Crippen LogP contribution in [0.25, 0.3) is 0 Å². The average molecular weight is 347 g/mol. The summed E-state index contributed by atoms with van der Waals surface area (Å²) in [5, 5.41) is 0. The third-order valence-corrected chi connectivity index (χ3v) is 2.95. The van der Waals surface area contributed by atoms with E-state index in [0.717, 1.165) is 6.07 Å². The van der Waals surface area contributed by atoms with Crippen molar-refractivity contribution >= 4 is 21.6 Å². The molecule has 0 atom stereocenters. The smallest absolute Gasteiger partial charge is 0.416 e. The third-order valence-electron chi connectivity index (χ3n) is 2.51. The summed E-state index contributed by atoms with van der Waals surface area (Å²) in [5.74, 6) is 0.379. The zero-order valence-corrected chi connectivity index (χ0v) is 11.7. The highest BCUT2D eigenvalue weighted by atomic mass is 79.9. The van der Waals surface area contributed by atoms with Gasteiger partial charge in [0.05, 0.1) is 11.8 Å². The van der Waals surface area contributed by atoms with Crippen molar-refractivity contribution in [2.24, 2.45) is 0 Å². The van der Waals surface area contributed by atoms with Gasteiger partial charge < -0.3 is 10.5 Å². The Kier molecular flexibility index (Phi) is 4.17. The molecule has 2 aromatic rings. The van der Waals surface area contributed by atoms with Gasteiger partial charge in [-0.25, -0.2) is 0 Å². The number of halogens is 4. The molecule has 106 valence electrons. The van der Waals surface area contributed by atoms with Crippen LogP contribution >= 0.6 is 15.9 Å². The molecule has 0 aliphatic heterocycles. The molecule has 0 aliphatic rings. The van der Waals surface area contributed by atoms with Crippen LogP contribution in [0, 0.1) is 0 Å². The molecule has 0 saturated heterocycles. The van der Waals surface area contributed by atoms with E-state index in [1.165, 1.54) is 18.3 Å². The lowest BCUT2D eigenvalue weighted by Gasteiger charge is -2.14. The predicted molar refractivity (Wildman–Crippen MR) is 72.1 cm³/mol. The minimum absolute atomic E-state index is 0.0201. The molecule has 0 unspecified atom stereocenters. The van der Waals surface area contributed by atoms with Crippen LogP contribution in [-0.2, 0) is 12.8 Å². The van der Waals surface area contributed by atoms with Crippen molar-refractivity contribution in [2.45, 2.75) is 12.8 Å². The van der Waals surface area contributed by atoms with Gasteiger partial charge >= 0.3 is 6.18 Å². The largest absolute Gasteiger partial charge is 0.487 e. The number of benzene rings is 1. The number of rotatable bonds is 3. The van der Waals surface area contributed by atoms with Crippen LogP contribution in [0.3, 0.4) is 0 Å². The average Bonchev–Trinajstić information content (AvgIpc) is 2.36. The Morgan fingerprint density at radius 2 is 1.95 bits per heavy atom. The van der Waals surface area contributed by atoms with E-state index in [1.54, 1.807) is 12.3 Å². The van der Waals surface area contributed by atoms with Gasteiger partial charge in [-0.1, -0.05) is 6.07 Å². The van der Waals surface area contributed by atoms with Crippen molar-refractivity contribution in [1.29, 1.82) is 0 Å². The maximum Gasteiger partial charge on any atom is 0.416 e. The highest BCUT2D eigenvalue weighted by molar-refractivity contribution is 9.10. The number of pyridine rings is 1. The van der Waals surface area contributed by atoms with Crippen LogP contribution in [0.2, 0.25) is 0 Å². The molecule has 0 radical (unpaired) electrons. The molecular formula is C13H10BrF3N2O. The molecule has 3 nitrogen and oxygen atoms in total. The Morgan fingerprint density at radius 3 is 2.60 bits per heavy atom. The molecule has 20 heavy (non-hydrogen) atoms. The van der Waals surface area contributed by atoms with E-state index in [9.17, 15) is 13.2 Å². The van der Waals surface area contributed by atoms with Gasteiger partial charge in [-0.3, -0.25) is 4.98 Å². The van der Waals surface area contributed by atoms with Gasteiger partial charge in [0, 0.05) is 21.9 Å². The third kappa shape index (κ3) is 3.63. The summed E-state index contributed by atoms with van der Waals surface area (Å²) in [4.78, 5) is 3.87. The normalized spacial score (nSPS) is 11.4. The van der Waals surface area contributed by atoms with E-state index in [2.05, 4.69) is 20.9 Å². The second kappa shape index (κ2) is 5.70. The number of nitrogens with zero attached hydrogens (tertiary/aromatic N) is 1. The van der Waals surface area contributed by atoms with Gasteiger partial charge in [0.2, 0.25) is 0 Å². The number of anilines is 1. The Labute approximate surface area is 121 Å². The molecule has 7 heteroatoms. The second-order valence-corrected chi connectivity index (χ2v) is 4.96. The molecule has 1 aromatic heterocycles. The van der Waals surface area contributed by atoms with Crippen molar-refractivity contribution < 1.29 is 17.9 Å². The fourth-order valence-electron chi connectivity index (χ4n) is 1.62. The quantitative estimate of drug-likeness (QED) is 0.853. The van der Waals surface area contributed by atoms with Gasteiger partial charge in [0.1, 0.15) is 12.4 Å². The maximum absolute atomic E-state index is 12.9. The lowest BCUT2D eigenvalue weighted by Crippen LogP contribution is -2.11. The molecule has 0 amide bonds. The summed E-state index contributed by atoms with van der Waals surface area (Å²) >= 11 is 3.21. The first-order valence-electron chi connectivity index (χ1n) is 5.55. The van der Waals surface area contributed by atoms with Crippen LogP contribution in [0.4, 0.5) is 18.9 Å². The van der Waals surface area contributed by atoms with Gasteiger partial charge in [-0.2, -0.15) is 13.2 Å². The van der Waals surface area contributed by atoms with E-state index in [4.69, 9.17) is 10.5 Å². The van der Waals surface area contributed by atoms with Gasteiger partial charge in [0.25, 0.3) is 0 Å². The van der Waals surface area contributed by atoms with Gasteiger partial charge in [-0.15, -0.1) is 0 Å². The molecule has 1 aromatic carbocycles. The fourth-order valence-corrected chi connectivity index (χ4v) is 1.96. The molecule has 0 bridgehead atoms. The zero-order chi connectivity index (χ0) is 14.8. The van der Waals surface area contributed by atoms with Crippen LogP contribution in [0.5, 0.6) is 5.75 Å². The van der Waals surface area contributed by atoms with Crippen molar-refractivity contribution in [3.63, 3.8) is 0 Å². The number of hydrogen-bond donors (Lipinski definition) is 1. The molecule has 0 aliphatic carbocycles. The number of aromatic nitrogens is 1. The van der Waals surface area contributed by atoms with E-state index in [1.807, 2.05) is 0 Å². The number of ether oxygens (including phenoxy) is 1. The highest BCUT2D eigenvalue weighted by Crippen LogP contribution is 2.33. The van der Waals surface area contributed by atoms with E-state index < -0.39 is 11.7 Å². The highest BCUT2D eigenvalue weighted by Gasteiger charge is 2.33. The molecule has 0 saturated carbocycles. The zero-order valence-electron chi connectivity index (χ0n) is 10.1. The predicted octanol–water partition coefficient (Wildman–Crippen LogP) is 4.02.